The largest absolute Gasteiger partial charge is 0.380 e. The average Bonchev–Trinajstić information content (AvgIpc) is 3.30. The highest BCUT2D eigenvalue weighted by Crippen LogP contribution is 2.27. The van der Waals surface area contributed by atoms with E-state index in [9.17, 15) is 0 Å². The van der Waals surface area contributed by atoms with Gasteiger partial charge < -0.3 is 15.4 Å². The van der Waals surface area contributed by atoms with Crippen LogP contribution in [0.1, 0.15) is 44.0 Å². The number of ether oxygens (including phenoxy) is 1. The quantitative estimate of drug-likeness (QED) is 0.379. The van der Waals surface area contributed by atoms with E-state index in [0.29, 0.717) is 18.6 Å². The summed E-state index contributed by atoms with van der Waals surface area (Å²) in [4.78, 5) is 8.35. The number of aliphatic imine (C=N–C) groups is 1. The van der Waals surface area contributed by atoms with Crippen molar-refractivity contribution in [1.82, 2.24) is 15.5 Å². The lowest BCUT2D eigenvalue weighted by Crippen LogP contribution is -2.43. The summed E-state index contributed by atoms with van der Waals surface area (Å²) in [6, 6.07) is 4.82. The summed E-state index contributed by atoms with van der Waals surface area (Å²) in [5, 5.41) is 9.01. The highest BCUT2D eigenvalue weighted by Gasteiger charge is 2.24. The van der Waals surface area contributed by atoms with Gasteiger partial charge in [0.25, 0.3) is 0 Å². The van der Waals surface area contributed by atoms with E-state index >= 15 is 0 Å². The molecule has 6 heteroatoms. The Morgan fingerprint density at radius 2 is 2.08 bits per heavy atom. The Balaban J connectivity index is 1.72. The van der Waals surface area contributed by atoms with Gasteiger partial charge in [-0.3, -0.25) is 9.89 Å². The molecule has 1 fully saturated rings. The van der Waals surface area contributed by atoms with Crippen molar-refractivity contribution in [2.24, 2.45) is 10.9 Å². The molecule has 1 atom stereocenters. The molecule has 0 aromatic carbocycles. The van der Waals surface area contributed by atoms with Gasteiger partial charge in [0.2, 0.25) is 0 Å². The number of hydrogen-bond donors (Lipinski definition) is 2. The molecule has 0 aliphatic carbocycles. The maximum atomic E-state index is 5.65. The van der Waals surface area contributed by atoms with Crippen molar-refractivity contribution >= 4 is 17.3 Å². The second-order valence-corrected chi connectivity index (χ2v) is 7.93. The second kappa shape index (κ2) is 11.5. The molecule has 0 saturated carbocycles. The predicted molar refractivity (Wildman–Crippen MR) is 108 cm³/mol. The zero-order valence-corrected chi connectivity index (χ0v) is 16.8. The Hall–Kier alpha value is -1.11. The molecule has 25 heavy (non-hydrogen) atoms. The van der Waals surface area contributed by atoms with Gasteiger partial charge >= 0.3 is 0 Å². The highest BCUT2D eigenvalue weighted by atomic mass is 32.1. The average molecular weight is 367 g/mol. The molecule has 2 N–H and O–H groups in total. The lowest BCUT2D eigenvalue weighted by atomic mass is 10.1. The molecule has 2 heterocycles. The summed E-state index contributed by atoms with van der Waals surface area (Å²) in [5.41, 5.74) is 0. The van der Waals surface area contributed by atoms with E-state index in [1.165, 1.54) is 30.8 Å². The molecule has 2 rings (SSSR count). The van der Waals surface area contributed by atoms with Crippen LogP contribution in [0.15, 0.2) is 22.5 Å². The van der Waals surface area contributed by atoms with Crippen molar-refractivity contribution in [1.29, 1.82) is 0 Å². The molecular formula is C19H34N4OS. The first-order chi connectivity index (χ1) is 12.2. The molecule has 1 aliphatic heterocycles. The van der Waals surface area contributed by atoms with Crippen LogP contribution in [0, 0.1) is 5.92 Å². The maximum absolute atomic E-state index is 5.65. The van der Waals surface area contributed by atoms with Crippen LogP contribution in [0.3, 0.4) is 0 Å². The standard InChI is InChI=1S/C19H34N4OS/c1-16(2)8-12-24-13-9-21-19(20-3)22-15-17(18-7-6-14-25-18)23-10-4-5-11-23/h6-7,14,16-17H,4-5,8-13,15H2,1-3H3,(H2,20,21,22). The lowest BCUT2D eigenvalue weighted by molar-refractivity contribution is 0.128. The smallest absolute Gasteiger partial charge is 0.191 e. The third-order valence-corrected chi connectivity index (χ3v) is 5.49. The van der Waals surface area contributed by atoms with Crippen LogP contribution in [0.2, 0.25) is 0 Å². The lowest BCUT2D eigenvalue weighted by Gasteiger charge is -2.27. The fourth-order valence-electron chi connectivity index (χ4n) is 3.02. The van der Waals surface area contributed by atoms with Gasteiger partial charge in [-0.05, 0) is 49.7 Å². The van der Waals surface area contributed by atoms with Crippen molar-refractivity contribution < 1.29 is 4.74 Å². The number of nitrogens with zero attached hydrogens (tertiary/aromatic N) is 2. The van der Waals surface area contributed by atoms with Crippen LogP contribution in [-0.2, 0) is 4.74 Å². The predicted octanol–water partition coefficient (Wildman–Crippen LogP) is 3.11. The molecule has 1 unspecified atom stereocenters. The monoisotopic (exact) mass is 366 g/mol. The second-order valence-electron chi connectivity index (χ2n) is 6.95. The SMILES string of the molecule is CN=C(NCCOCCC(C)C)NCC(c1cccs1)N1CCCC1. The maximum Gasteiger partial charge on any atom is 0.191 e. The van der Waals surface area contributed by atoms with E-state index in [1.807, 2.05) is 18.4 Å². The van der Waals surface area contributed by atoms with Crippen molar-refractivity contribution in [3.05, 3.63) is 22.4 Å². The fourth-order valence-corrected chi connectivity index (χ4v) is 3.88. The summed E-state index contributed by atoms with van der Waals surface area (Å²) in [6.45, 7) is 10.0. The minimum Gasteiger partial charge on any atom is -0.380 e. The Morgan fingerprint density at radius 3 is 2.72 bits per heavy atom. The number of thiophene rings is 1. The molecule has 1 aromatic rings. The van der Waals surface area contributed by atoms with Crippen molar-refractivity contribution in [3.63, 3.8) is 0 Å². The van der Waals surface area contributed by atoms with E-state index in [0.717, 1.165) is 32.1 Å². The van der Waals surface area contributed by atoms with Crippen LogP contribution in [0.4, 0.5) is 0 Å². The van der Waals surface area contributed by atoms with Gasteiger partial charge in [0.15, 0.2) is 5.96 Å². The molecule has 0 amide bonds. The van der Waals surface area contributed by atoms with Crippen LogP contribution >= 0.6 is 11.3 Å². The summed E-state index contributed by atoms with van der Waals surface area (Å²) in [5.74, 6) is 1.55. The zero-order chi connectivity index (χ0) is 17.9. The van der Waals surface area contributed by atoms with Gasteiger partial charge in [0.05, 0.1) is 12.6 Å². The topological polar surface area (TPSA) is 48.9 Å². The first-order valence-electron chi connectivity index (χ1n) is 9.50. The first kappa shape index (κ1) is 20.2. The molecule has 0 radical (unpaired) electrons. The number of likely N-dealkylation sites (tertiary alicyclic amines) is 1. The molecule has 0 bridgehead atoms. The summed E-state index contributed by atoms with van der Waals surface area (Å²) in [7, 11) is 1.82. The third kappa shape index (κ3) is 7.34. The van der Waals surface area contributed by atoms with Crippen molar-refractivity contribution in [3.8, 4) is 0 Å². The van der Waals surface area contributed by atoms with E-state index in [2.05, 4.69) is 51.9 Å². The van der Waals surface area contributed by atoms with Crippen LogP contribution < -0.4 is 10.6 Å². The molecule has 142 valence electrons. The van der Waals surface area contributed by atoms with Crippen molar-refractivity contribution in [2.45, 2.75) is 39.2 Å². The normalized spacial score (nSPS) is 17.2. The van der Waals surface area contributed by atoms with Crippen molar-refractivity contribution in [2.75, 3.05) is 46.4 Å². The van der Waals surface area contributed by atoms with E-state index < -0.39 is 0 Å². The van der Waals surface area contributed by atoms with E-state index in [4.69, 9.17) is 4.74 Å². The van der Waals surface area contributed by atoms with Crippen LogP contribution in [0.25, 0.3) is 0 Å². The fraction of sp³-hybridized carbons (Fsp3) is 0.737. The molecular weight excluding hydrogens is 332 g/mol. The van der Waals surface area contributed by atoms with Gasteiger partial charge in [-0.1, -0.05) is 19.9 Å². The molecule has 1 aromatic heterocycles. The first-order valence-corrected chi connectivity index (χ1v) is 10.4. The Labute approximate surface area is 156 Å². The number of guanidine groups is 1. The Morgan fingerprint density at radius 1 is 1.28 bits per heavy atom. The molecule has 1 aliphatic rings. The minimum absolute atomic E-state index is 0.434. The van der Waals surface area contributed by atoms with Crippen LogP contribution in [-0.4, -0.2) is 57.3 Å². The van der Waals surface area contributed by atoms with E-state index in [1.54, 1.807) is 0 Å². The van der Waals surface area contributed by atoms with Gasteiger partial charge in [0.1, 0.15) is 0 Å². The highest BCUT2D eigenvalue weighted by molar-refractivity contribution is 7.10. The third-order valence-electron chi connectivity index (χ3n) is 4.52. The summed E-state index contributed by atoms with van der Waals surface area (Å²) < 4.78 is 5.65. The van der Waals surface area contributed by atoms with Gasteiger partial charge in [-0.2, -0.15) is 0 Å². The zero-order valence-electron chi connectivity index (χ0n) is 16.0. The number of rotatable bonds is 10. The van der Waals surface area contributed by atoms with Gasteiger partial charge in [-0.15, -0.1) is 11.3 Å². The Kier molecular flexibility index (Phi) is 9.29. The molecule has 5 nitrogen and oxygen atoms in total. The van der Waals surface area contributed by atoms with Crippen LogP contribution in [0.5, 0.6) is 0 Å². The molecule has 0 spiro atoms. The summed E-state index contributed by atoms with van der Waals surface area (Å²) in [6.07, 6.45) is 3.73. The number of hydrogen-bond acceptors (Lipinski definition) is 4. The summed E-state index contributed by atoms with van der Waals surface area (Å²) >= 11 is 1.84. The molecule has 1 saturated heterocycles. The Bertz CT molecular complexity index is 484. The minimum atomic E-state index is 0.434. The van der Waals surface area contributed by atoms with Gasteiger partial charge in [0, 0.05) is 31.6 Å². The number of nitrogens with one attached hydrogen (secondary N) is 2. The van der Waals surface area contributed by atoms with Gasteiger partial charge in [-0.25, -0.2) is 0 Å². The van der Waals surface area contributed by atoms with E-state index in [-0.39, 0.29) is 0 Å².